The van der Waals surface area contributed by atoms with Crippen LogP contribution >= 0.6 is 47.0 Å². The minimum Gasteiger partial charge on any atom is -0.350 e. The number of likely N-dealkylation sites (tertiary alicyclic amines) is 1. The van der Waals surface area contributed by atoms with Gasteiger partial charge in [-0.3, -0.25) is 19.2 Å². The van der Waals surface area contributed by atoms with Crippen LogP contribution in [0, 0.1) is 70.1 Å². The highest BCUT2D eigenvalue weighted by Gasteiger charge is 2.50. The molecule has 0 aromatic heterocycles. The lowest BCUT2D eigenvalue weighted by Crippen LogP contribution is -2.38. The van der Waals surface area contributed by atoms with Crippen LogP contribution in [0.1, 0.15) is 153 Å². The van der Waals surface area contributed by atoms with Crippen molar-refractivity contribution in [2.24, 2.45) is 17.8 Å². The summed E-state index contributed by atoms with van der Waals surface area (Å²) in [6, 6.07) is 55.7. The van der Waals surface area contributed by atoms with Gasteiger partial charge < -0.3 is 20.9 Å². The Bertz CT molecular complexity index is 4150. The van der Waals surface area contributed by atoms with Crippen molar-refractivity contribution in [3.8, 4) is 0 Å². The summed E-state index contributed by atoms with van der Waals surface area (Å²) < 4.78 is 120. The maximum atomic E-state index is 14.9. The van der Waals surface area contributed by atoms with E-state index in [0.717, 1.165) is 161 Å². The number of nitrogens with zero attached hydrogens (tertiary/aromatic N) is 1. The first-order chi connectivity index (χ1) is 51.7. The number of thioether (sulfide) groups is 4. The molecule has 21 heteroatoms. The van der Waals surface area contributed by atoms with E-state index in [0.29, 0.717) is 22.3 Å². The van der Waals surface area contributed by atoms with Crippen LogP contribution in [0.2, 0.25) is 0 Å². The largest absolute Gasteiger partial charge is 0.350 e. The zero-order chi connectivity index (χ0) is 76.1. The number of carbonyl (C=O) groups excluding carboxylic acids is 4. The van der Waals surface area contributed by atoms with Gasteiger partial charge in [0.15, 0.2) is 0 Å². The van der Waals surface area contributed by atoms with Crippen LogP contribution in [0.4, 0.5) is 58.7 Å². The minimum atomic E-state index is -1.12. The van der Waals surface area contributed by atoms with Crippen molar-refractivity contribution < 1.29 is 58.7 Å². The van der Waals surface area contributed by atoms with Crippen LogP contribution < -0.4 is 16.0 Å². The average molecular weight is 1540 g/mol. The van der Waals surface area contributed by atoms with Crippen molar-refractivity contribution >= 4 is 68.0 Å². The lowest BCUT2D eigenvalue weighted by molar-refractivity contribution is 0.232. The monoisotopic (exact) mass is 1540 g/mol. The van der Waals surface area contributed by atoms with E-state index in [9.17, 15) is 58.7 Å². The predicted octanol–water partition coefficient (Wildman–Crippen LogP) is 23.5. The van der Waals surface area contributed by atoms with Crippen LogP contribution in [0.3, 0.4) is 0 Å². The molecule has 0 radical (unpaired) electrons. The van der Waals surface area contributed by atoms with Crippen molar-refractivity contribution in [1.82, 2.24) is 20.9 Å². The molecule has 3 N–H and O–H groups in total. The van der Waals surface area contributed by atoms with E-state index in [4.69, 9.17) is 0 Å². The second kappa shape index (κ2) is 38.1. The summed E-state index contributed by atoms with van der Waals surface area (Å²) in [5, 5.41) is 7.26. The molecule has 1 atom stereocenters. The highest BCUT2D eigenvalue weighted by atomic mass is 32.2. The van der Waals surface area contributed by atoms with Crippen molar-refractivity contribution in [3.63, 3.8) is 0 Å². The third kappa shape index (κ3) is 19.4. The van der Waals surface area contributed by atoms with Crippen LogP contribution in [-0.4, -0.2) is 60.1 Å². The highest BCUT2D eigenvalue weighted by Crippen LogP contribution is 2.58. The topological polar surface area (TPSA) is 108 Å². The maximum Gasteiger partial charge on any atom is 0.282 e. The zero-order valence-corrected chi connectivity index (χ0v) is 63.1. The highest BCUT2D eigenvalue weighted by molar-refractivity contribution is 8.15. The van der Waals surface area contributed by atoms with Gasteiger partial charge in [0.2, 0.25) is 0 Å². The lowest BCUT2D eigenvalue weighted by atomic mass is 9.72. The van der Waals surface area contributed by atoms with Gasteiger partial charge in [-0.2, -0.15) is 0 Å². The number of hydrogen-bond acceptors (Lipinski definition) is 8. The summed E-state index contributed by atoms with van der Waals surface area (Å²) in [5.74, 6) is -2.58. The number of halogens is 9. The second-order valence-corrected chi connectivity index (χ2v) is 31.9. The smallest absolute Gasteiger partial charge is 0.282 e. The molecule has 1 heterocycles. The zero-order valence-electron chi connectivity index (χ0n) is 59.9. The molecule has 8 nitrogen and oxygen atoms in total. The standard InChI is InChI=1S/C24H27F2NOS.C21H16F3NOS.C21H23F2NOS.C20H21F2NOS/c25-21-12-8-19(9-13-21)24(18-6-2-1-3-7-18,20-10-14-22(26)15-11-20)29-23(28)27-16-4-5-17-27;1-25-20(26)27-21(14-2-8-17(22)9-3-14,15-4-10-18(23)11-5-15)16-6-12-19(24)13-7-16;1-24-20(25)26-21(15-7-3-2-4-8-15,16-11-13-17(22)14-12-16)18-9-5-6-10-19(18)23;1-23-19(24)25-20(14-4-2-3-5-14,15-6-10-17(21)11-7-15)16-8-12-18(22)13-9-16/h8-15,18H,1-7,16-17H2;2-13H,1H3,(H,25,26);5-6,9-15H,2-4,7-8H2,1H3,(H,24,25);6-14H,2-5H2,1H3,(H,23,24). The van der Waals surface area contributed by atoms with Crippen molar-refractivity contribution in [3.05, 3.63) is 321 Å². The Hall–Kier alpha value is -8.37. The molecule has 3 aliphatic carbocycles. The first-order valence-electron chi connectivity index (χ1n) is 36.2. The van der Waals surface area contributed by atoms with Crippen LogP contribution in [0.25, 0.3) is 0 Å². The molecule has 0 spiro atoms. The molecule has 4 aliphatic rings. The van der Waals surface area contributed by atoms with Gasteiger partial charge in [0.1, 0.15) is 57.1 Å². The molecule has 13 rings (SSSR count). The van der Waals surface area contributed by atoms with Gasteiger partial charge in [0.05, 0.1) is 14.2 Å². The molecule has 9 aromatic carbocycles. The molecule has 0 bridgehead atoms. The van der Waals surface area contributed by atoms with Crippen molar-refractivity contribution in [1.29, 1.82) is 0 Å². The molecule has 1 saturated heterocycles. The van der Waals surface area contributed by atoms with E-state index < -0.39 is 36.4 Å². The summed E-state index contributed by atoms with van der Waals surface area (Å²) in [6.07, 6.45) is 16.8. The van der Waals surface area contributed by atoms with Crippen molar-refractivity contribution in [2.45, 2.75) is 122 Å². The lowest BCUT2D eigenvalue weighted by Gasteiger charge is -2.43. The van der Waals surface area contributed by atoms with Crippen LogP contribution in [-0.2, 0) is 19.0 Å². The Labute approximate surface area is 638 Å². The van der Waals surface area contributed by atoms with E-state index in [-0.39, 0.29) is 73.6 Å². The van der Waals surface area contributed by atoms with Gasteiger partial charge in [-0.15, -0.1) is 0 Å². The predicted molar refractivity (Wildman–Crippen MR) is 415 cm³/mol. The number of nitrogens with one attached hydrogen (secondary N) is 3. The normalized spacial score (nSPS) is 15.6. The van der Waals surface area contributed by atoms with E-state index >= 15 is 0 Å². The quantitative estimate of drug-likeness (QED) is 0.0649. The summed E-state index contributed by atoms with van der Waals surface area (Å²) in [6.45, 7) is 1.58. The number of rotatable bonds is 16. The number of benzene rings is 9. The SMILES string of the molecule is CNC(=O)SC(c1ccc(F)cc1)(c1ccc(F)cc1)C1CCCC1.CNC(=O)SC(c1ccc(F)cc1)(c1ccc(F)cc1)c1ccc(F)cc1.CNC(=O)SC(c1ccc(F)cc1)(c1ccccc1F)C1CCCCC1.O=C(SC(c1ccc(F)cc1)(c1ccc(F)cc1)C1CCCCC1)N1CCCC1. The molecule has 4 fully saturated rings. The molecule has 107 heavy (non-hydrogen) atoms. The number of hydrogen-bond donors (Lipinski definition) is 3. The first kappa shape index (κ1) is 81.2. The number of amides is 4. The summed E-state index contributed by atoms with van der Waals surface area (Å²) in [4.78, 5) is 52.4. The van der Waals surface area contributed by atoms with Gasteiger partial charge in [-0.05, 0) is 264 Å². The van der Waals surface area contributed by atoms with E-state index in [2.05, 4.69) is 16.0 Å². The Morgan fingerprint density at radius 2 is 0.542 bits per heavy atom. The molecule has 3 saturated carbocycles. The Morgan fingerprint density at radius 3 is 0.841 bits per heavy atom. The third-order valence-corrected chi connectivity index (χ3v) is 26.6. The van der Waals surface area contributed by atoms with Gasteiger partial charge in [0, 0.05) is 39.8 Å². The Balaban J connectivity index is 0.000000153. The molecule has 1 aliphatic heterocycles. The van der Waals surface area contributed by atoms with E-state index in [1.165, 1.54) is 140 Å². The molecular weight excluding hydrogens is 1450 g/mol. The summed E-state index contributed by atoms with van der Waals surface area (Å²) in [5.41, 5.74) is 6.69. The van der Waals surface area contributed by atoms with Crippen LogP contribution in [0.5, 0.6) is 0 Å². The van der Waals surface area contributed by atoms with Gasteiger partial charge in [-0.25, -0.2) is 39.5 Å². The Morgan fingerprint density at radius 1 is 0.299 bits per heavy atom. The summed E-state index contributed by atoms with van der Waals surface area (Å²) >= 11 is 4.63. The van der Waals surface area contributed by atoms with Crippen molar-refractivity contribution in [2.75, 3.05) is 34.2 Å². The Kier molecular flexibility index (Phi) is 28.9. The molecule has 1 unspecified atom stereocenters. The molecule has 4 amide bonds. The maximum absolute atomic E-state index is 14.9. The molecule has 562 valence electrons. The summed E-state index contributed by atoms with van der Waals surface area (Å²) in [7, 11) is 4.68. The van der Waals surface area contributed by atoms with E-state index in [1.807, 2.05) is 4.90 Å². The van der Waals surface area contributed by atoms with Crippen LogP contribution in [0.15, 0.2) is 218 Å². The molecular formula is C86H87F9N4O4S4. The molecule has 9 aromatic rings. The fourth-order valence-electron chi connectivity index (χ4n) is 15.5. The number of carbonyl (C=O) groups is 4. The van der Waals surface area contributed by atoms with Gasteiger partial charge >= 0.3 is 0 Å². The van der Waals surface area contributed by atoms with Gasteiger partial charge in [0.25, 0.3) is 21.0 Å². The van der Waals surface area contributed by atoms with E-state index in [1.54, 1.807) is 129 Å². The second-order valence-electron chi connectivity index (χ2n) is 27.1. The fraction of sp³-hybridized carbons (Fsp3) is 0.326. The first-order valence-corrected chi connectivity index (χ1v) is 39.5. The fourth-order valence-corrected chi connectivity index (χ4v) is 20.8. The van der Waals surface area contributed by atoms with Gasteiger partial charge in [-0.1, -0.05) is 167 Å². The minimum absolute atomic E-state index is 0.0710. The third-order valence-electron chi connectivity index (χ3n) is 20.7. The average Bonchev–Trinajstić information content (AvgIpc) is 1.51.